The van der Waals surface area contributed by atoms with Crippen LogP contribution in [-0.2, 0) is 28.2 Å². The van der Waals surface area contributed by atoms with Gasteiger partial charge in [0.25, 0.3) is 0 Å². The molecule has 0 unspecified atom stereocenters. The van der Waals surface area contributed by atoms with Crippen molar-refractivity contribution in [3.63, 3.8) is 0 Å². The van der Waals surface area contributed by atoms with Crippen LogP contribution in [0.15, 0.2) is 97.3 Å². The number of benzene rings is 4. The molecule has 36 heavy (non-hydrogen) atoms. The van der Waals surface area contributed by atoms with Gasteiger partial charge in [-0.05, 0) is 57.9 Å². The summed E-state index contributed by atoms with van der Waals surface area (Å²) < 4.78 is 6.08. The third-order valence-electron chi connectivity index (χ3n) is 6.28. The molecule has 0 aliphatic carbocycles. The first-order chi connectivity index (χ1) is 17.3. The molecule has 0 spiro atoms. The summed E-state index contributed by atoms with van der Waals surface area (Å²) in [6.07, 6.45) is 3.68. The Morgan fingerprint density at radius 1 is 0.722 bits per heavy atom. The molecule has 0 aliphatic heterocycles. The molecule has 2 aromatic heterocycles. The van der Waals surface area contributed by atoms with E-state index in [1.165, 1.54) is 26.9 Å². The van der Waals surface area contributed by atoms with Gasteiger partial charge in [0.1, 0.15) is 5.75 Å². The molecule has 0 saturated carbocycles. The molecule has 4 nitrogen and oxygen atoms in total. The van der Waals surface area contributed by atoms with E-state index in [4.69, 9.17) is 4.74 Å². The standard InChI is InChI=1S/C29H23N3O.CH3.ClH.Cu/c1-33-29-25-14-13-21-8-6-7-20-11-12-22(28(25)27(20)21)17-26(29)32(18-23-9-2-4-15-30-23)19-24-10-3-5-16-31-24;;;/h2-17H,18-19H2,1H3;1H3;1H;/q;-1;;+1/p-1. The quantitative estimate of drug-likeness (QED) is 0.122. The molecule has 0 bridgehead atoms. The molecule has 0 fully saturated rings. The van der Waals surface area contributed by atoms with Crippen LogP contribution in [0.25, 0.3) is 32.3 Å². The van der Waals surface area contributed by atoms with Gasteiger partial charge in [-0.15, -0.1) is 0 Å². The number of hydrogen-bond acceptors (Lipinski definition) is 4. The molecule has 6 aromatic rings. The minimum absolute atomic E-state index is 0. The average molecular weight is 544 g/mol. The Hall–Kier alpha value is -3.37. The van der Waals surface area contributed by atoms with Gasteiger partial charge in [-0.2, -0.15) is 0 Å². The summed E-state index contributed by atoms with van der Waals surface area (Å²) in [5.74, 6) is 0.882. The van der Waals surface area contributed by atoms with Crippen LogP contribution in [0.1, 0.15) is 11.4 Å². The number of methoxy groups -OCH3 is 1. The maximum absolute atomic E-state index is 6.08. The Kier molecular flexibility index (Phi) is 8.27. The number of aromatic nitrogens is 2. The Labute approximate surface area is 224 Å². The van der Waals surface area contributed by atoms with Crippen molar-refractivity contribution in [1.82, 2.24) is 9.97 Å². The molecule has 0 atom stereocenters. The third-order valence-corrected chi connectivity index (χ3v) is 6.28. The van der Waals surface area contributed by atoms with E-state index >= 15 is 0 Å². The zero-order valence-corrected chi connectivity index (χ0v) is 21.8. The molecular formula is C30H26ClCuN3O-. The van der Waals surface area contributed by atoms with Gasteiger partial charge in [0.05, 0.1) is 37.3 Å². The Morgan fingerprint density at radius 3 is 1.86 bits per heavy atom. The van der Waals surface area contributed by atoms with Crippen molar-refractivity contribution in [2.24, 2.45) is 0 Å². The van der Waals surface area contributed by atoms with Crippen LogP contribution in [-0.4, -0.2) is 17.1 Å². The van der Waals surface area contributed by atoms with Crippen molar-refractivity contribution in [2.75, 3.05) is 12.0 Å². The Morgan fingerprint density at radius 2 is 1.31 bits per heavy atom. The summed E-state index contributed by atoms with van der Waals surface area (Å²) in [6, 6.07) is 29.6. The molecule has 0 radical (unpaired) electrons. The molecular weight excluding hydrogens is 517 g/mol. The Bertz CT molecular complexity index is 1500. The normalized spacial score (nSPS) is 10.7. The zero-order chi connectivity index (χ0) is 24.2. The SMILES string of the molecule is COc1c(N(Cc2ccccn2)Cc2ccccn2)cc2ccc3cccc4ccc1c2c34.[CH3-].[Cl][Cu]. The average Bonchev–Trinajstić information content (AvgIpc) is 2.93. The van der Waals surface area contributed by atoms with Crippen LogP contribution in [0, 0.1) is 7.43 Å². The number of halogens is 1. The molecule has 186 valence electrons. The number of anilines is 1. The fourth-order valence-corrected chi connectivity index (χ4v) is 4.82. The van der Waals surface area contributed by atoms with Gasteiger partial charge in [-0.1, -0.05) is 48.5 Å². The van der Waals surface area contributed by atoms with E-state index in [0.29, 0.717) is 13.1 Å². The van der Waals surface area contributed by atoms with Gasteiger partial charge < -0.3 is 17.1 Å². The Balaban J connectivity index is 0.000000990. The predicted molar refractivity (Wildman–Crippen MR) is 147 cm³/mol. The van der Waals surface area contributed by atoms with Crippen LogP contribution in [0.2, 0.25) is 0 Å². The van der Waals surface area contributed by atoms with Crippen molar-refractivity contribution in [3.05, 3.63) is 116 Å². The first-order valence-corrected chi connectivity index (χ1v) is 12.5. The van der Waals surface area contributed by atoms with Crippen LogP contribution >= 0.6 is 10.1 Å². The first kappa shape index (κ1) is 25.7. The fraction of sp³-hybridized carbons (Fsp3) is 0.100. The van der Waals surface area contributed by atoms with E-state index in [9.17, 15) is 0 Å². The number of ether oxygens (including phenoxy) is 1. The first-order valence-electron chi connectivity index (χ1n) is 11.2. The van der Waals surface area contributed by atoms with Crippen molar-refractivity contribution < 1.29 is 19.8 Å². The van der Waals surface area contributed by atoms with Crippen LogP contribution in [0.4, 0.5) is 5.69 Å². The van der Waals surface area contributed by atoms with E-state index < -0.39 is 0 Å². The molecule has 0 amide bonds. The van der Waals surface area contributed by atoms with Gasteiger partial charge in [-0.3, -0.25) is 9.97 Å². The van der Waals surface area contributed by atoms with Crippen LogP contribution in [0.3, 0.4) is 0 Å². The van der Waals surface area contributed by atoms with Gasteiger partial charge >= 0.3 is 25.2 Å². The number of hydrogen-bond donors (Lipinski definition) is 0. The fourth-order valence-electron chi connectivity index (χ4n) is 4.82. The number of pyridine rings is 2. The third kappa shape index (κ3) is 4.83. The predicted octanol–water partition coefficient (Wildman–Crippen LogP) is 7.73. The van der Waals surface area contributed by atoms with Gasteiger partial charge in [0.2, 0.25) is 0 Å². The van der Waals surface area contributed by atoms with E-state index in [1.54, 1.807) is 7.11 Å². The van der Waals surface area contributed by atoms with Gasteiger partial charge in [-0.25, -0.2) is 0 Å². The topological polar surface area (TPSA) is 38.2 Å². The maximum atomic E-state index is 6.08. The zero-order valence-electron chi connectivity index (χ0n) is 20.1. The monoisotopic (exact) mass is 542 g/mol. The van der Waals surface area contributed by atoms with E-state index in [-0.39, 0.29) is 7.43 Å². The molecule has 0 aliphatic rings. The minimum atomic E-state index is 0. The number of rotatable bonds is 6. The van der Waals surface area contributed by atoms with Crippen molar-refractivity contribution in [2.45, 2.75) is 13.1 Å². The van der Waals surface area contributed by atoms with Crippen molar-refractivity contribution in [3.8, 4) is 5.75 Å². The second-order valence-corrected chi connectivity index (χ2v) is 8.28. The molecule has 6 heteroatoms. The summed E-state index contributed by atoms with van der Waals surface area (Å²) in [4.78, 5) is 11.5. The number of nitrogens with zero attached hydrogens (tertiary/aromatic N) is 3. The molecule has 4 aromatic carbocycles. The summed E-state index contributed by atoms with van der Waals surface area (Å²) >= 11 is 3.66. The van der Waals surface area contributed by atoms with Crippen LogP contribution < -0.4 is 9.64 Å². The molecule has 0 N–H and O–H groups in total. The second-order valence-electron chi connectivity index (χ2n) is 8.28. The van der Waals surface area contributed by atoms with E-state index in [1.807, 2.05) is 36.7 Å². The molecule has 6 rings (SSSR count). The molecule has 0 saturated heterocycles. The van der Waals surface area contributed by atoms with Gasteiger partial charge in [0, 0.05) is 23.2 Å². The van der Waals surface area contributed by atoms with E-state index in [0.717, 1.165) is 28.2 Å². The summed E-state index contributed by atoms with van der Waals surface area (Å²) in [5, 5.41) is 7.37. The van der Waals surface area contributed by atoms with Crippen LogP contribution in [0.5, 0.6) is 5.75 Å². The van der Waals surface area contributed by atoms with E-state index in [2.05, 4.69) is 101 Å². The summed E-state index contributed by atoms with van der Waals surface area (Å²) in [7, 11) is 5.96. The van der Waals surface area contributed by atoms with Crippen molar-refractivity contribution in [1.29, 1.82) is 0 Å². The summed E-state index contributed by atoms with van der Waals surface area (Å²) in [5.41, 5.74) is 3.04. The van der Waals surface area contributed by atoms with Gasteiger partial charge in [0.15, 0.2) is 0 Å². The second kappa shape index (κ2) is 11.6. The van der Waals surface area contributed by atoms with Crippen molar-refractivity contribution >= 4 is 48.1 Å². The molecule has 2 heterocycles. The summed E-state index contributed by atoms with van der Waals surface area (Å²) in [6.45, 7) is 1.31.